The molecule has 1 aromatic rings. The largest absolute Gasteiger partial charge is 0.401 e. The van der Waals surface area contributed by atoms with E-state index in [1.54, 1.807) is 7.05 Å². The van der Waals surface area contributed by atoms with Crippen LogP contribution in [0.2, 0.25) is 0 Å². The van der Waals surface area contributed by atoms with Crippen molar-refractivity contribution in [3.05, 3.63) is 58.3 Å². The molecule has 0 saturated carbocycles. The van der Waals surface area contributed by atoms with Gasteiger partial charge in [-0.05, 0) is 30.4 Å². The van der Waals surface area contributed by atoms with Crippen molar-refractivity contribution in [2.24, 2.45) is 16.6 Å². The van der Waals surface area contributed by atoms with Crippen molar-refractivity contribution in [1.82, 2.24) is 0 Å². The summed E-state index contributed by atoms with van der Waals surface area (Å²) in [4.78, 5) is 15.7. The molecule has 20 heavy (non-hydrogen) atoms. The minimum Gasteiger partial charge on any atom is -0.401 e. The summed E-state index contributed by atoms with van der Waals surface area (Å²) in [7, 11) is 1.76. The van der Waals surface area contributed by atoms with Gasteiger partial charge in [0.15, 0.2) is 0 Å². The van der Waals surface area contributed by atoms with Gasteiger partial charge in [-0.15, -0.1) is 0 Å². The summed E-state index contributed by atoms with van der Waals surface area (Å²) < 4.78 is 0. The Morgan fingerprint density at radius 3 is 2.55 bits per heavy atom. The second-order valence-electron chi connectivity index (χ2n) is 5.14. The van der Waals surface area contributed by atoms with Gasteiger partial charge >= 0.3 is 0 Å². The Labute approximate surface area is 119 Å². The third-order valence-electron chi connectivity index (χ3n) is 3.82. The lowest BCUT2D eigenvalue weighted by Crippen LogP contribution is -2.22. The molecule has 0 heterocycles. The third-order valence-corrected chi connectivity index (χ3v) is 3.82. The van der Waals surface area contributed by atoms with E-state index in [4.69, 9.17) is 5.73 Å². The van der Waals surface area contributed by atoms with E-state index in [0.29, 0.717) is 6.42 Å². The van der Waals surface area contributed by atoms with Gasteiger partial charge in [0.05, 0.1) is 5.71 Å². The zero-order valence-corrected chi connectivity index (χ0v) is 12.2. The maximum atomic E-state index is 11.3. The molecule has 1 atom stereocenters. The van der Waals surface area contributed by atoms with Crippen LogP contribution in [0.1, 0.15) is 25.8 Å². The molecule has 0 fully saturated rings. The number of nitrogens with two attached hydrogens (primary N) is 1. The van der Waals surface area contributed by atoms with Crippen LogP contribution in [0, 0.1) is 5.92 Å². The van der Waals surface area contributed by atoms with Crippen LogP contribution in [-0.4, -0.2) is 19.0 Å². The first-order valence-corrected chi connectivity index (χ1v) is 6.77. The molecular weight excluding hydrogens is 248 g/mol. The predicted molar refractivity (Wildman–Crippen MR) is 82.7 cm³/mol. The highest BCUT2D eigenvalue weighted by Gasteiger charge is 2.25. The van der Waals surface area contributed by atoms with E-state index < -0.39 is 0 Å². The van der Waals surface area contributed by atoms with Gasteiger partial charge in [0.1, 0.15) is 6.29 Å². The summed E-state index contributed by atoms with van der Waals surface area (Å²) in [6, 6.07) is 9.94. The van der Waals surface area contributed by atoms with E-state index in [1.807, 2.05) is 44.2 Å². The topological polar surface area (TPSA) is 55.4 Å². The van der Waals surface area contributed by atoms with Gasteiger partial charge in [-0.1, -0.05) is 37.3 Å². The molecule has 1 aromatic carbocycles. The van der Waals surface area contributed by atoms with E-state index >= 15 is 0 Å². The van der Waals surface area contributed by atoms with Gasteiger partial charge < -0.3 is 5.73 Å². The monoisotopic (exact) mass is 268 g/mol. The van der Waals surface area contributed by atoms with Crippen LogP contribution in [-0.2, 0) is 4.79 Å². The fourth-order valence-corrected chi connectivity index (χ4v) is 2.81. The molecule has 0 aliphatic heterocycles. The average molecular weight is 268 g/mol. The number of aldehydes is 1. The van der Waals surface area contributed by atoms with Gasteiger partial charge in [0.25, 0.3) is 0 Å². The smallest absolute Gasteiger partial charge is 0.146 e. The van der Waals surface area contributed by atoms with Gasteiger partial charge in [0.2, 0.25) is 0 Å². The molecule has 0 radical (unpaired) electrons. The maximum Gasteiger partial charge on any atom is 0.146 e. The van der Waals surface area contributed by atoms with Gasteiger partial charge in [-0.3, -0.25) is 9.79 Å². The van der Waals surface area contributed by atoms with Crippen molar-refractivity contribution in [2.45, 2.75) is 20.3 Å². The summed E-state index contributed by atoms with van der Waals surface area (Å²) in [5, 5.41) is 0. The zero-order chi connectivity index (χ0) is 14.7. The second kappa shape index (κ2) is 5.87. The molecule has 2 rings (SSSR count). The quantitative estimate of drug-likeness (QED) is 0.677. The fourth-order valence-electron chi connectivity index (χ4n) is 2.81. The Kier molecular flexibility index (Phi) is 4.18. The lowest BCUT2D eigenvalue weighted by Gasteiger charge is -2.26. The Morgan fingerprint density at radius 2 is 2.00 bits per heavy atom. The van der Waals surface area contributed by atoms with E-state index in [9.17, 15) is 4.79 Å². The van der Waals surface area contributed by atoms with Crippen molar-refractivity contribution >= 4 is 12.0 Å². The fraction of sp³-hybridized carbons (Fsp3) is 0.294. The van der Waals surface area contributed by atoms with Crippen LogP contribution in [0.3, 0.4) is 0 Å². The standard InChI is InChI=1S/C17H20N2O/c1-11-9-15(18)16(12(2)14(11)10-20)17(19-3)13-7-5-4-6-8-13/h4-8,10-11H,9,18H2,1-3H3/t11-/m1/s1. The van der Waals surface area contributed by atoms with Crippen LogP contribution in [0.4, 0.5) is 0 Å². The van der Waals surface area contributed by atoms with Crippen molar-refractivity contribution < 1.29 is 4.79 Å². The number of allylic oxidation sites excluding steroid dienone is 4. The first-order valence-electron chi connectivity index (χ1n) is 6.77. The molecule has 0 bridgehead atoms. The third kappa shape index (κ3) is 2.44. The molecule has 3 heteroatoms. The maximum absolute atomic E-state index is 11.3. The number of carbonyl (C=O) groups is 1. The van der Waals surface area contributed by atoms with Crippen LogP contribution in [0.5, 0.6) is 0 Å². The van der Waals surface area contributed by atoms with Gasteiger partial charge in [-0.2, -0.15) is 0 Å². The molecule has 0 unspecified atom stereocenters. The average Bonchev–Trinajstić information content (AvgIpc) is 2.44. The summed E-state index contributed by atoms with van der Waals surface area (Å²) in [5.74, 6) is 0.171. The Hall–Kier alpha value is -2.16. The summed E-state index contributed by atoms with van der Waals surface area (Å²) in [6.07, 6.45) is 1.65. The minimum absolute atomic E-state index is 0.171. The molecule has 0 aromatic heterocycles. The SMILES string of the molecule is CN=C(C1=C(N)C[C@@H](C)C(C=O)=C1C)c1ccccc1. The molecule has 0 amide bonds. The number of nitrogens with zero attached hydrogens (tertiary/aromatic N) is 1. The number of carbonyl (C=O) groups excluding carboxylic acids is 1. The number of rotatable bonds is 3. The van der Waals surface area contributed by atoms with Crippen LogP contribution in [0.15, 0.2) is 57.7 Å². The molecule has 0 spiro atoms. The first-order chi connectivity index (χ1) is 9.60. The molecule has 3 nitrogen and oxygen atoms in total. The molecular formula is C17H20N2O. The Morgan fingerprint density at radius 1 is 1.35 bits per heavy atom. The highest BCUT2D eigenvalue weighted by molar-refractivity contribution is 6.16. The minimum atomic E-state index is 0.171. The van der Waals surface area contributed by atoms with E-state index in [0.717, 1.165) is 40.0 Å². The van der Waals surface area contributed by atoms with E-state index in [1.165, 1.54) is 0 Å². The van der Waals surface area contributed by atoms with Crippen LogP contribution >= 0.6 is 0 Å². The normalized spacial score (nSPS) is 20.4. The highest BCUT2D eigenvalue weighted by atomic mass is 16.1. The Balaban J connectivity index is 2.58. The van der Waals surface area contributed by atoms with Crippen molar-refractivity contribution in [2.75, 3.05) is 7.05 Å². The molecule has 2 N–H and O–H groups in total. The molecule has 1 aliphatic carbocycles. The van der Waals surface area contributed by atoms with Crippen LogP contribution < -0.4 is 5.73 Å². The number of hydrogen-bond donors (Lipinski definition) is 1. The van der Waals surface area contributed by atoms with Crippen LogP contribution in [0.25, 0.3) is 0 Å². The molecule has 0 saturated heterocycles. The first kappa shape index (κ1) is 14.3. The molecule has 104 valence electrons. The predicted octanol–water partition coefficient (Wildman–Crippen LogP) is 2.87. The number of aliphatic imine (C=N–C) groups is 1. The number of benzene rings is 1. The van der Waals surface area contributed by atoms with Crippen molar-refractivity contribution in [1.29, 1.82) is 0 Å². The summed E-state index contributed by atoms with van der Waals surface area (Å²) >= 11 is 0. The van der Waals surface area contributed by atoms with Crippen molar-refractivity contribution in [3.63, 3.8) is 0 Å². The van der Waals surface area contributed by atoms with Gasteiger partial charge in [0, 0.05) is 23.9 Å². The summed E-state index contributed by atoms with van der Waals surface area (Å²) in [6.45, 7) is 3.98. The summed E-state index contributed by atoms with van der Waals surface area (Å²) in [5.41, 5.74) is 11.6. The van der Waals surface area contributed by atoms with Gasteiger partial charge in [-0.25, -0.2) is 0 Å². The van der Waals surface area contributed by atoms with E-state index in [-0.39, 0.29) is 5.92 Å². The van der Waals surface area contributed by atoms with E-state index in [2.05, 4.69) is 4.99 Å². The Bertz CT molecular complexity index is 609. The lowest BCUT2D eigenvalue weighted by molar-refractivity contribution is -0.105. The molecule has 1 aliphatic rings. The second-order valence-corrected chi connectivity index (χ2v) is 5.14. The zero-order valence-electron chi connectivity index (χ0n) is 12.2. The van der Waals surface area contributed by atoms with Crippen molar-refractivity contribution in [3.8, 4) is 0 Å². The highest BCUT2D eigenvalue weighted by Crippen LogP contribution is 2.33. The lowest BCUT2D eigenvalue weighted by atomic mass is 9.80. The number of hydrogen-bond acceptors (Lipinski definition) is 3.